The van der Waals surface area contributed by atoms with E-state index in [9.17, 15) is 13.2 Å². The highest BCUT2D eigenvalue weighted by Crippen LogP contribution is 2.23. The number of halogens is 1. The lowest BCUT2D eigenvalue weighted by atomic mass is 10.0. The minimum absolute atomic E-state index is 0.169. The van der Waals surface area contributed by atoms with Gasteiger partial charge in [0.2, 0.25) is 0 Å². The Labute approximate surface area is 119 Å². The summed E-state index contributed by atoms with van der Waals surface area (Å²) < 4.78 is 23.6. The summed E-state index contributed by atoms with van der Waals surface area (Å²) in [5.41, 5.74) is 1.61. The second-order valence-electron chi connectivity index (χ2n) is 4.40. The van der Waals surface area contributed by atoms with Gasteiger partial charge in [-0.1, -0.05) is 25.1 Å². The average molecular weight is 301 g/mol. The number of hydrogen-bond acceptors (Lipinski definition) is 3. The predicted molar refractivity (Wildman–Crippen MR) is 77.6 cm³/mol. The largest absolute Gasteiger partial charge is 0.276 e. The van der Waals surface area contributed by atoms with Crippen molar-refractivity contribution in [3.05, 3.63) is 41.0 Å². The van der Waals surface area contributed by atoms with E-state index in [0.717, 1.165) is 12.7 Å². The van der Waals surface area contributed by atoms with E-state index in [2.05, 4.69) is 0 Å². The Hall–Kier alpha value is -1.13. The van der Waals surface area contributed by atoms with Gasteiger partial charge in [0.15, 0.2) is 9.84 Å². The number of sulfone groups is 1. The highest BCUT2D eigenvalue weighted by molar-refractivity contribution is 7.90. The quantitative estimate of drug-likeness (QED) is 0.619. The Morgan fingerprint density at radius 2 is 1.95 bits per heavy atom. The first-order valence-corrected chi connectivity index (χ1v) is 8.22. The van der Waals surface area contributed by atoms with Crippen LogP contribution >= 0.6 is 11.6 Å². The van der Waals surface area contributed by atoms with Gasteiger partial charge < -0.3 is 0 Å². The molecule has 1 aromatic rings. The maximum atomic E-state index is 11.8. The molecule has 0 aliphatic heterocycles. The molecule has 0 fully saturated rings. The summed E-state index contributed by atoms with van der Waals surface area (Å²) in [5.74, 6) is 0. The van der Waals surface area contributed by atoms with Crippen molar-refractivity contribution in [2.75, 3.05) is 6.26 Å². The Morgan fingerprint density at radius 3 is 2.42 bits per heavy atom. The van der Waals surface area contributed by atoms with Gasteiger partial charge in [-0.3, -0.25) is 4.79 Å². The molecule has 1 rings (SSSR count). The van der Waals surface area contributed by atoms with Gasteiger partial charge in [-0.25, -0.2) is 8.42 Å². The van der Waals surface area contributed by atoms with E-state index in [-0.39, 0.29) is 10.5 Å². The molecule has 0 heterocycles. The van der Waals surface area contributed by atoms with Crippen molar-refractivity contribution in [2.24, 2.45) is 0 Å². The van der Waals surface area contributed by atoms with Crippen molar-refractivity contribution in [1.82, 2.24) is 0 Å². The topological polar surface area (TPSA) is 51.2 Å². The molecule has 0 saturated carbocycles. The van der Waals surface area contributed by atoms with E-state index in [1.165, 1.54) is 6.07 Å². The van der Waals surface area contributed by atoms with Crippen molar-refractivity contribution >= 4 is 26.7 Å². The molecule has 0 atom stereocenters. The molecular formula is C14H17ClO3S. The van der Waals surface area contributed by atoms with E-state index < -0.39 is 15.1 Å². The van der Waals surface area contributed by atoms with Gasteiger partial charge in [-0.05, 0) is 48.6 Å². The summed E-state index contributed by atoms with van der Waals surface area (Å²) in [6.07, 6.45) is 6.44. The van der Waals surface area contributed by atoms with Gasteiger partial charge in [0, 0.05) is 11.8 Å². The van der Waals surface area contributed by atoms with Crippen molar-refractivity contribution in [3.8, 4) is 0 Å². The molecule has 0 aliphatic carbocycles. The molecular weight excluding hydrogens is 284 g/mol. The first kappa shape index (κ1) is 15.9. The average Bonchev–Trinajstić information content (AvgIpc) is 2.27. The van der Waals surface area contributed by atoms with E-state index in [0.29, 0.717) is 17.5 Å². The van der Waals surface area contributed by atoms with Gasteiger partial charge >= 0.3 is 0 Å². The second-order valence-corrected chi connectivity index (χ2v) is 6.73. The molecule has 0 N–H and O–H groups in total. The van der Waals surface area contributed by atoms with E-state index >= 15 is 0 Å². The van der Waals surface area contributed by atoms with Crippen LogP contribution in [0.25, 0.3) is 0 Å². The zero-order valence-corrected chi connectivity index (χ0v) is 12.8. The zero-order valence-electron chi connectivity index (χ0n) is 11.2. The molecule has 0 bridgehead atoms. The van der Waals surface area contributed by atoms with E-state index in [1.54, 1.807) is 13.0 Å². The third-order valence-electron chi connectivity index (χ3n) is 2.76. The van der Waals surface area contributed by atoms with Crippen LogP contribution in [0.15, 0.2) is 29.2 Å². The molecule has 104 valence electrons. The van der Waals surface area contributed by atoms with Gasteiger partial charge in [0.1, 0.15) is 0 Å². The predicted octanol–water partition coefficient (Wildman–Crippen LogP) is 3.29. The van der Waals surface area contributed by atoms with Crippen molar-refractivity contribution in [2.45, 2.75) is 31.6 Å². The first-order valence-electron chi connectivity index (χ1n) is 5.95. The number of hydrogen-bond donors (Lipinski definition) is 0. The lowest BCUT2D eigenvalue weighted by Crippen LogP contribution is -2.06. The number of allylic oxidation sites excluding steroid dienone is 2. The molecule has 3 nitrogen and oxygen atoms in total. The fraction of sp³-hybridized carbons (Fsp3) is 0.357. The highest BCUT2D eigenvalue weighted by Gasteiger charge is 2.17. The summed E-state index contributed by atoms with van der Waals surface area (Å²) in [6, 6.07) is 3.08. The van der Waals surface area contributed by atoms with Crippen molar-refractivity contribution in [3.63, 3.8) is 0 Å². The Balaban J connectivity index is 3.41. The number of aryl methyl sites for hydroxylation is 1. The first-order chi connectivity index (χ1) is 8.77. The minimum atomic E-state index is -3.39. The standard InChI is InChI=1S/C14H17ClO3S/c1-4-5-6-7-11-8-10(2)12(14(15)16)9-13(11)19(3,17)18/h5-6,8-9H,4,7H2,1-3H3/b6-5+. The van der Waals surface area contributed by atoms with Gasteiger partial charge in [-0.15, -0.1) is 0 Å². The molecule has 0 saturated heterocycles. The Morgan fingerprint density at radius 1 is 1.32 bits per heavy atom. The van der Waals surface area contributed by atoms with E-state index in [4.69, 9.17) is 11.6 Å². The summed E-state index contributed by atoms with van der Waals surface area (Å²) >= 11 is 5.46. The summed E-state index contributed by atoms with van der Waals surface area (Å²) in [4.78, 5) is 11.4. The smallest absolute Gasteiger partial charge is 0.252 e. The van der Waals surface area contributed by atoms with Gasteiger partial charge in [0.25, 0.3) is 5.24 Å². The lowest BCUT2D eigenvalue weighted by molar-refractivity contribution is 0.108. The Kier molecular flexibility index (Phi) is 5.32. The number of benzene rings is 1. The highest BCUT2D eigenvalue weighted by atomic mass is 35.5. The van der Waals surface area contributed by atoms with Crippen LogP contribution in [0.4, 0.5) is 0 Å². The normalized spacial score (nSPS) is 12.0. The van der Waals surface area contributed by atoms with Crippen LogP contribution in [0, 0.1) is 6.92 Å². The summed E-state index contributed by atoms with van der Waals surface area (Å²) in [7, 11) is -3.39. The molecule has 0 aliphatic rings. The lowest BCUT2D eigenvalue weighted by Gasteiger charge is -2.10. The monoisotopic (exact) mass is 300 g/mol. The summed E-state index contributed by atoms with van der Waals surface area (Å²) in [6.45, 7) is 3.75. The maximum Gasteiger partial charge on any atom is 0.252 e. The van der Waals surface area contributed by atoms with E-state index in [1.807, 2.05) is 19.1 Å². The third kappa shape index (κ3) is 4.18. The molecule has 0 unspecified atom stereocenters. The molecule has 19 heavy (non-hydrogen) atoms. The van der Waals surface area contributed by atoms with Crippen molar-refractivity contribution < 1.29 is 13.2 Å². The second kappa shape index (κ2) is 6.35. The van der Waals surface area contributed by atoms with Crippen molar-refractivity contribution in [1.29, 1.82) is 0 Å². The van der Waals surface area contributed by atoms with Crippen LogP contribution in [-0.4, -0.2) is 19.9 Å². The van der Waals surface area contributed by atoms with Gasteiger partial charge in [0.05, 0.1) is 4.90 Å². The third-order valence-corrected chi connectivity index (χ3v) is 4.14. The fourth-order valence-corrected chi connectivity index (χ4v) is 3.00. The van der Waals surface area contributed by atoms with Crippen LogP contribution in [0.2, 0.25) is 0 Å². The molecule has 0 amide bonds. The van der Waals surface area contributed by atoms with Crippen LogP contribution < -0.4 is 0 Å². The fourth-order valence-electron chi connectivity index (χ4n) is 1.84. The van der Waals surface area contributed by atoms with Gasteiger partial charge in [-0.2, -0.15) is 0 Å². The van der Waals surface area contributed by atoms with Crippen LogP contribution in [0.1, 0.15) is 34.8 Å². The molecule has 0 aromatic heterocycles. The Bertz CT molecular complexity index is 616. The number of carbonyl (C=O) groups excluding carboxylic acids is 1. The van der Waals surface area contributed by atoms with Crippen LogP contribution in [0.3, 0.4) is 0 Å². The summed E-state index contributed by atoms with van der Waals surface area (Å²) in [5, 5.41) is -0.641. The minimum Gasteiger partial charge on any atom is -0.276 e. The molecule has 0 radical (unpaired) electrons. The number of rotatable bonds is 5. The maximum absolute atomic E-state index is 11.8. The number of carbonyl (C=O) groups is 1. The van der Waals surface area contributed by atoms with Crippen LogP contribution in [-0.2, 0) is 16.3 Å². The zero-order chi connectivity index (χ0) is 14.6. The molecule has 0 spiro atoms. The molecule has 5 heteroatoms. The SMILES string of the molecule is CC/C=C/Cc1cc(C)c(C(=O)Cl)cc1S(C)(=O)=O. The van der Waals surface area contributed by atoms with Crippen LogP contribution in [0.5, 0.6) is 0 Å². The molecule has 1 aromatic carbocycles.